The van der Waals surface area contributed by atoms with E-state index < -0.39 is 0 Å². The molecule has 0 saturated carbocycles. The molecule has 0 radical (unpaired) electrons. The van der Waals surface area contributed by atoms with Crippen molar-refractivity contribution >= 4 is 27.4 Å². The van der Waals surface area contributed by atoms with E-state index in [0.29, 0.717) is 0 Å². The summed E-state index contributed by atoms with van der Waals surface area (Å²) in [5.41, 5.74) is 3.42. The zero-order chi connectivity index (χ0) is 14.9. The third kappa shape index (κ3) is 3.57. The second kappa shape index (κ2) is 5.52. The van der Waals surface area contributed by atoms with Crippen LogP contribution < -0.4 is 5.32 Å². The predicted molar refractivity (Wildman–Crippen MR) is 87.6 cm³/mol. The number of aryl methyl sites for hydroxylation is 2. The van der Waals surface area contributed by atoms with Crippen LogP contribution in [-0.2, 0) is 5.41 Å². The Morgan fingerprint density at radius 2 is 1.75 bits per heavy atom. The molecule has 106 valence electrons. The van der Waals surface area contributed by atoms with Gasteiger partial charge in [0.25, 0.3) is 0 Å². The molecule has 0 saturated heterocycles. The Morgan fingerprint density at radius 1 is 1.05 bits per heavy atom. The number of hydrogen-bond acceptors (Lipinski definition) is 3. The van der Waals surface area contributed by atoms with Crippen LogP contribution in [0.3, 0.4) is 0 Å². The van der Waals surface area contributed by atoms with Crippen LogP contribution in [0.5, 0.6) is 0 Å². The van der Waals surface area contributed by atoms with Gasteiger partial charge in [-0.05, 0) is 47.0 Å². The summed E-state index contributed by atoms with van der Waals surface area (Å²) in [6.45, 7) is 10.5. The van der Waals surface area contributed by atoms with Crippen molar-refractivity contribution in [1.29, 1.82) is 0 Å². The molecular weight excluding hydrogens is 314 g/mol. The number of rotatable bonds is 2. The molecule has 4 heteroatoms. The average Bonchev–Trinajstić information content (AvgIpc) is 2.32. The Bertz CT molecular complexity index is 630. The van der Waals surface area contributed by atoms with Crippen molar-refractivity contribution in [2.24, 2.45) is 0 Å². The van der Waals surface area contributed by atoms with Gasteiger partial charge in [0.1, 0.15) is 16.2 Å². The second-order valence-electron chi connectivity index (χ2n) is 6.09. The minimum atomic E-state index is -0.0815. The Kier molecular flexibility index (Phi) is 4.14. The van der Waals surface area contributed by atoms with Crippen molar-refractivity contribution in [3.8, 4) is 0 Å². The van der Waals surface area contributed by atoms with Crippen LogP contribution in [0, 0.1) is 13.8 Å². The van der Waals surface area contributed by atoms with Gasteiger partial charge in [-0.15, -0.1) is 0 Å². The lowest BCUT2D eigenvalue weighted by atomic mass is 9.96. The quantitative estimate of drug-likeness (QED) is 0.794. The van der Waals surface area contributed by atoms with E-state index in [4.69, 9.17) is 0 Å². The summed E-state index contributed by atoms with van der Waals surface area (Å²) in [4.78, 5) is 9.07. The van der Waals surface area contributed by atoms with E-state index in [0.717, 1.165) is 21.9 Å². The molecule has 0 aliphatic heterocycles. The van der Waals surface area contributed by atoms with Gasteiger partial charge < -0.3 is 5.32 Å². The molecular formula is C16H20BrN3. The summed E-state index contributed by atoms with van der Waals surface area (Å²) in [6, 6.07) is 8.24. The topological polar surface area (TPSA) is 37.8 Å². The first kappa shape index (κ1) is 15.0. The maximum Gasteiger partial charge on any atom is 0.137 e. The zero-order valence-electron chi connectivity index (χ0n) is 12.6. The van der Waals surface area contributed by atoms with Crippen molar-refractivity contribution in [2.75, 3.05) is 5.32 Å². The molecule has 0 aliphatic carbocycles. The third-order valence-corrected chi connectivity index (χ3v) is 3.43. The minimum Gasteiger partial charge on any atom is -0.340 e. The van der Waals surface area contributed by atoms with Gasteiger partial charge in [0.2, 0.25) is 0 Å². The van der Waals surface area contributed by atoms with E-state index in [1.165, 1.54) is 11.1 Å². The highest BCUT2D eigenvalue weighted by Gasteiger charge is 2.18. The lowest BCUT2D eigenvalue weighted by Gasteiger charge is -2.18. The lowest BCUT2D eigenvalue weighted by molar-refractivity contribution is 0.544. The standard InChI is InChI=1S/C16H20BrN3/c1-10-6-7-11(2)12(8-10)18-14-9-13(17)19-15(20-14)16(3,4)5/h6-9H,1-5H3,(H,18,19,20). The summed E-state index contributed by atoms with van der Waals surface area (Å²) < 4.78 is 0.797. The van der Waals surface area contributed by atoms with Gasteiger partial charge in [0.15, 0.2) is 0 Å². The maximum atomic E-state index is 4.62. The summed E-state index contributed by atoms with van der Waals surface area (Å²) in [7, 11) is 0. The van der Waals surface area contributed by atoms with Gasteiger partial charge in [-0.25, -0.2) is 9.97 Å². The van der Waals surface area contributed by atoms with Gasteiger partial charge in [0, 0.05) is 17.2 Å². The van der Waals surface area contributed by atoms with Gasteiger partial charge in [0.05, 0.1) is 0 Å². The molecule has 0 unspecified atom stereocenters. The molecule has 1 heterocycles. The number of nitrogens with one attached hydrogen (secondary N) is 1. The average molecular weight is 334 g/mol. The highest BCUT2D eigenvalue weighted by molar-refractivity contribution is 9.10. The lowest BCUT2D eigenvalue weighted by Crippen LogP contribution is -2.17. The van der Waals surface area contributed by atoms with Crippen LogP contribution in [0.1, 0.15) is 37.7 Å². The van der Waals surface area contributed by atoms with E-state index in [9.17, 15) is 0 Å². The second-order valence-corrected chi connectivity index (χ2v) is 6.91. The fourth-order valence-corrected chi connectivity index (χ4v) is 2.21. The summed E-state index contributed by atoms with van der Waals surface area (Å²) in [5.74, 6) is 1.63. The molecule has 0 spiro atoms. The Hall–Kier alpha value is -1.42. The summed E-state index contributed by atoms with van der Waals surface area (Å²) >= 11 is 3.46. The molecule has 0 bridgehead atoms. The zero-order valence-corrected chi connectivity index (χ0v) is 14.2. The van der Waals surface area contributed by atoms with Crippen molar-refractivity contribution in [2.45, 2.75) is 40.0 Å². The van der Waals surface area contributed by atoms with Crippen molar-refractivity contribution < 1.29 is 0 Å². The Morgan fingerprint density at radius 3 is 2.40 bits per heavy atom. The number of halogens is 1. The Balaban J connectivity index is 2.39. The van der Waals surface area contributed by atoms with Crippen LogP contribution in [0.25, 0.3) is 0 Å². The largest absolute Gasteiger partial charge is 0.340 e. The van der Waals surface area contributed by atoms with Crippen molar-refractivity contribution in [3.05, 3.63) is 45.8 Å². The van der Waals surface area contributed by atoms with E-state index in [1.807, 2.05) is 6.07 Å². The maximum absolute atomic E-state index is 4.62. The SMILES string of the molecule is Cc1ccc(C)c(Nc2cc(Br)nc(C(C)(C)C)n2)c1. The van der Waals surface area contributed by atoms with E-state index in [1.54, 1.807) is 0 Å². The summed E-state index contributed by atoms with van der Waals surface area (Å²) in [5, 5.41) is 3.39. The van der Waals surface area contributed by atoms with Gasteiger partial charge in [-0.1, -0.05) is 32.9 Å². The fraction of sp³-hybridized carbons (Fsp3) is 0.375. The number of aromatic nitrogens is 2. The molecule has 1 aromatic carbocycles. The smallest absolute Gasteiger partial charge is 0.137 e. The number of hydrogen-bond donors (Lipinski definition) is 1. The molecule has 3 nitrogen and oxygen atoms in total. The predicted octanol–water partition coefficient (Wildman–Crippen LogP) is 4.90. The van der Waals surface area contributed by atoms with Gasteiger partial charge >= 0.3 is 0 Å². The molecule has 0 atom stereocenters. The minimum absolute atomic E-state index is 0.0815. The highest BCUT2D eigenvalue weighted by atomic mass is 79.9. The van der Waals surface area contributed by atoms with Gasteiger partial charge in [-0.2, -0.15) is 0 Å². The monoisotopic (exact) mass is 333 g/mol. The van der Waals surface area contributed by atoms with E-state index in [-0.39, 0.29) is 5.41 Å². The van der Waals surface area contributed by atoms with Crippen LogP contribution >= 0.6 is 15.9 Å². The fourth-order valence-electron chi connectivity index (χ4n) is 1.83. The molecule has 2 aromatic rings. The number of benzene rings is 1. The first-order valence-electron chi connectivity index (χ1n) is 6.65. The highest BCUT2D eigenvalue weighted by Crippen LogP contribution is 2.25. The van der Waals surface area contributed by atoms with Crippen LogP contribution in [-0.4, -0.2) is 9.97 Å². The van der Waals surface area contributed by atoms with Crippen molar-refractivity contribution in [3.63, 3.8) is 0 Å². The van der Waals surface area contributed by atoms with Crippen molar-refractivity contribution in [1.82, 2.24) is 9.97 Å². The first-order valence-corrected chi connectivity index (χ1v) is 7.44. The molecule has 0 amide bonds. The molecule has 0 fully saturated rings. The first-order chi connectivity index (χ1) is 9.25. The van der Waals surface area contributed by atoms with Gasteiger partial charge in [-0.3, -0.25) is 0 Å². The number of nitrogens with zero attached hydrogens (tertiary/aromatic N) is 2. The molecule has 0 aliphatic rings. The Labute approximate surface area is 129 Å². The molecule has 1 aromatic heterocycles. The summed E-state index contributed by atoms with van der Waals surface area (Å²) in [6.07, 6.45) is 0. The third-order valence-electron chi connectivity index (χ3n) is 3.02. The molecule has 2 rings (SSSR count). The van der Waals surface area contributed by atoms with Crippen LogP contribution in [0.4, 0.5) is 11.5 Å². The molecule has 1 N–H and O–H groups in total. The van der Waals surface area contributed by atoms with Crippen LogP contribution in [0.2, 0.25) is 0 Å². The van der Waals surface area contributed by atoms with E-state index in [2.05, 4.69) is 84.0 Å². The normalized spacial score (nSPS) is 11.5. The number of anilines is 2. The van der Waals surface area contributed by atoms with Crippen LogP contribution in [0.15, 0.2) is 28.9 Å². The van der Waals surface area contributed by atoms with E-state index >= 15 is 0 Å². The molecule has 20 heavy (non-hydrogen) atoms.